The van der Waals surface area contributed by atoms with E-state index in [1.807, 2.05) is 85.8 Å². The van der Waals surface area contributed by atoms with Crippen LogP contribution in [0.5, 0.6) is 0 Å². The fourth-order valence-corrected chi connectivity index (χ4v) is 4.11. The molecule has 0 unspecified atom stereocenters. The zero-order chi connectivity index (χ0) is 22.3. The summed E-state index contributed by atoms with van der Waals surface area (Å²) in [5, 5.41) is 9.18. The van der Waals surface area contributed by atoms with E-state index in [-0.39, 0.29) is 5.91 Å². The molecule has 2 N–H and O–H groups in total. The summed E-state index contributed by atoms with van der Waals surface area (Å²) in [5.41, 5.74) is 7.57. The first kappa shape index (κ1) is 21.7. The number of carbonyl (C=O) groups is 1. The van der Waals surface area contributed by atoms with Crippen molar-refractivity contribution in [2.45, 2.75) is 13.3 Å². The average molecular weight is 461 g/mol. The number of benzene rings is 3. The second-order valence-corrected chi connectivity index (χ2v) is 8.63. The number of halogens is 1. The molecular weight excluding hydrogens is 440 g/mol. The van der Waals surface area contributed by atoms with Gasteiger partial charge in [0.15, 0.2) is 0 Å². The van der Waals surface area contributed by atoms with Gasteiger partial charge in [0.1, 0.15) is 10.7 Å². The Hall–Kier alpha value is -3.48. The summed E-state index contributed by atoms with van der Waals surface area (Å²) >= 11 is 7.36. The van der Waals surface area contributed by atoms with E-state index in [9.17, 15) is 4.79 Å². The van der Waals surface area contributed by atoms with Crippen molar-refractivity contribution in [3.05, 3.63) is 101 Å². The van der Waals surface area contributed by atoms with Gasteiger partial charge in [0.05, 0.1) is 12.6 Å². The minimum Gasteiger partial charge on any atom is -0.316 e. The van der Waals surface area contributed by atoms with E-state index in [0.29, 0.717) is 27.3 Å². The normalized spacial score (nSPS) is 10.9. The monoisotopic (exact) mass is 460 g/mol. The molecule has 4 rings (SSSR count). The number of aryl methyl sites for hydroxylation is 1. The Labute approximate surface area is 195 Å². The van der Waals surface area contributed by atoms with Crippen LogP contribution in [0.25, 0.3) is 11.3 Å². The predicted molar refractivity (Wildman–Crippen MR) is 134 cm³/mol. The van der Waals surface area contributed by atoms with E-state index in [1.54, 1.807) is 6.21 Å². The summed E-state index contributed by atoms with van der Waals surface area (Å²) in [4.78, 5) is 17.3. The molecule has 1 amide bonds. The molecule has 160 valence electrons. The summed E-state index contributed by atoms with van der Waals surface area (Å²) in [6.45, 7) is 2.03. The fraction of sp³-hybridized carbons (Fsp3) is 0.0800. The molecule has 0 aliphatic heterocycles. The molecule has 0 spiro atoms. The first-order chi connectivity index (χ1) is 15.6. The first-order valence-corrected chi connectivity index (χ1v) is 11.2. The van der Waals surface area contributed by atoms with Gasteiger partial charge in [0, 0.05) is 10.6 Å². The standard InChI is InChI=1S/C25H21ClN4OS/c1-17-10-12-20(13-11-17)23-24(28-22(31)15-18-6-3-2-4-7-18)32-25(29-23)30-27-16-19-8-5-9-21(26)14-19/h2-14,16H,15H2,1H3,(H,28,31)(H,29,30). The van der Waals surface area contributed by atoms with Crippen molar-refractivity contribution < 1.29 is 4.79 Å². The fourth-order valence-electron chi connectivity index (χ4n) is 3.06. The molecule has 1 heterocycles. The van der Waals surface area contributed by atoms with Gasteiger partial charge in [-0.1, -0.05) is 95.2 Å². The second kappa shape index (κ2) is 10.2. The molecule has 0 aliphatic carbocycles. The van der Waals surface area contributed by atoms with Crippen LogP contribution in [0.2, 0.25) is 5.02 Å². The quantitative estimate of drug-likeness (QED) is 0.248. The molecule has 3 aromatic carbocycles. The minimum absolute atomic E-state index is 0.0952. The van der Waals surface area contributed by atoms with Crippen molar-refractivity contribution in [1.82, 2.24) is 4.98 Å². The van der Waals surface area contributed by atoms with Crippen molar-refractivity contribution in [1.29, 1.82) is 0 Å². The molecule has 1 aromatic heterocycles. The van der Waals surface area contributed by atoms with Crippen LogP contribution in [0.3, 0.4) is 0 Å². The van der Waals surface area contributed by atoms with Crippen molar-refractivity contribution in [3.8, 4) is 11.3 Å². The molecule has 0 radical (unpaired) electrons. The van der Waals surface area contributed by atoms with Gasteiger partial charge in [0.25, 0.3) is 0 Å². The maximum atomic E-state index is 12.7. The molecule has 7 heteroatoms. The van der Waals surface area contributed by atoms with Crippen LogP contribution in [0.15, 0.2) is 84.0 Å². The maximum Gasteiger partial charge on any atom is 0.229 e. The molecule has 32 heavy (non-hydrogen) atoms. The van der Waals surface area contributed by atoms with E-state index < -0.39 is 0 Å². The van der Waals surface area contributed by atoms with Gasteiger partial charge in [-0.05, 0) is 30.2 Å². The predicted octanol–water partition coefficient (Wildman–Crippen LogP) is 6.40. The Morgan fingerprint density at radius 3 is 2.59 bits per heavy atom. The third-order valence-corrected chi connectivity index (χ3v) is 5.75. The van der Waals surface area contributed by atoms with E-state index >= 15 is 0 Å². The molecule has 0 fully saturated rings. The largest absolute Gasteiger partial charge is 0.316 e. The van der Waals surface area contributed by atoms with Crippen molar-refractivity contribution in [3.63, 3.8) is 0 Å². The Balaban J connectivity index is 1.55. The lowest BCUT2D eigenvalue weighted by Crippen LogP contribution is -2.14. The number of carbonyl (C=O) groups excluding carboxylic acids is 1. The molecule has 0 aliphatic rings. The Kier molecular flexibility index (Phi) is 6.94. The van der Waals surface area contributed by atoms with Crippen molar-refractivity contribution >= 4 is 45.2 Å². The minimum atomic E-state index is -0.0952. The number of nitrogens with one attached hydrogen (secondary N) is 2. The van der Waals surface area contributed by atoms with Gasteiger partial charge in [-0.25, -0.2) is 4.98 Å². The van der Waals surface area contributed by atoms with Gasteiger partial charge in [-0.3, -0.25) is 10.2 Å². The van der Waals surface area contributed by atoms with Crippen LogP contribution in [0.4, 0.5) is 10.1 Å². The lowest BCUT2D eigenvalue weighted by atomic mass is 10.1. The summed E-state index contributed by atoms with van der Waals surface area (Å²) in [7, 11) is 0. The first-order valence-electron chi connectivity index (χ1n) is 10.0. The summed E-state index contributed by atoms with van der Waals surface area (Å²) in [6.07, 6.45) is 1.97. The zero-order valence-electron chi connectivity index (χ0n) is 17.4. The Morgan fingerprint density at radius 2 is 1.84 bits per heavy atom. The van der Waals surface area contributed by atoms with Gasteiger partial charge >= 0.3 is 0 Å². The summed E-state index contributed by atoms with van der Waals surface area (Å²) < 4.78 is 0. The highest BCUT2D eigenvalue weighted by Crippen LogP contribution is 2.36. The number of hydrazone groups is 1. The van der Waals surface area contributed by atoms with Gasteiger partial charge in [-0.15, -0.1) is 0 Å². The number of nitrogens with zero attached hydrogens (tertiary/aromatic N) is 2. The number of anilines is 2. The zero-order valence-corrected chi connectivity index (χ0v) is 19.0. The van der Waals surface area contributed by atoms with E-state index in [4.69, 9.17) is 11.6 Å². The van der Waals surface area contributed by atoms with Crippen LogP contribution < -0.4 is 10.7 Å². The Bertz CT molecular complexity index is 1240. The SMILES string of the molecule is Cc1ccc(-c2nc(NN=Cc3cccc(Cl)c3)sc2NC(=O)Cc2ccccc2)cc1. The lowest BCUT2D eigenvalue weighted by Gasteiger charge is -2.06. The topological polar surface area (TPSA) is 66.4 Å². The number of aromatic nitrogens is 1. The van der Waals surface area contributed by atoms with Crippen LogP contribution in [-0.2, 0) is 11.2 Å². The molecular formula is C25H21ClN4OS. The molecule has 0 bridgehead atoms. The lowest BCUT2D eigenvalue weighted by molar-refractivity contribution is -0.115. The van der Waals surface area contributed by atoms with E-state index in [2.05, 4.69) is 20.8 Å². The maximum absolute atomic E-state index is 12.7. The molecule has 4 aromatic rings. The molecule has 0 atom stereocenters. The number of amides is 1. The summed E-state index contributed by atoms with van der Waals surface area (Å²) in [5.74, 6) is -0.0952. The van der Waals surface area contributed by atoms with Gasteiger partial charge in [-0.2, -0.15) is 5.10 Å². The van der Waals surface area contributed by atoms with Gasteiger partial charge in [0.2, 0.25) is 11.0 Å². The smallest absolute Gasteiger partial charge is 0.229 e. The number of thiazole rings is 1. The van der Waals surface area contributed by atoms with Gasteiger partial charge < -0.3 is 5.32 Å². The van der Waals surface area contributed by atoms with E-state index in [0.717, 1.165) is 22.3 Å². The van der Waals surface area contributed by atoms with Crippen LogP contribution in [0, 0.1) is 6.92 Å². The van der Waals surface area contributed by atoms with Crippen molar-refractivity contribution in [2.24, 2.45) is 5.10 Å². The molecule has 0 saturated carbocycles. The number of hydrogen-bond acceptors (Lipinski definition) is 5. The number of hydrogen-bond donors (Lipinski definition) is 2. The average Bonchev–Trinajstić information content (AvgIpc) is 3.17. The van der Waals surface area contributed by atoms with Crippen molar-refractivity contribution in [2.75, 3.05) is 10.7 Å². The molecule has 5 nitrogen and oxygen atoms in total. The third kappa shape index (κ3) is 5.81. The van der Waals surface area contributed by atoms with Crippen LogP contribution >= 0.6 is 22.9 Å². The second-order valence-electron chi connectivity index (χ2n) is 7.20. The van der Waals surface area contributed by atoms with E-state index in [1.165, 1.54) is 11.3 Å². The van der Waals surface area contributed by atoms with Crippen LogP contribution in [0.1, 0.15) is 16.7 Å². The highest BCUT2D eigenvalue weighted by atomic mass is 35.5. The highest BCUT2D eigenvalue weighted by Gasteiger charge is 2.16. The van der Waals surface area contributed by atoms with Crippen LogP contribution in [-0.4, -0.2) is 17.1 Å². The Morgan fingerprint density at radius 1 is 1.06 bits per heavy atom. The number of rotatable bonds is 7. The highest BCUT2D eigenvalue weighted by molar-refractivity contribution is 7.20. The third-order valence-electron chi connectivity index (χ3n) is 4.64. The molecule has 0 saturated heterocycles. The summed E-state index contributed by atoms with van der Waals surface area (Å²) in [6, 6.07) is 25.1.